The quantitative estimate of drug-likeness (QED) is 0.338. The molecule has 0 N–H and O–H groups in total. The predicted octanol–water partition coefficient (Wildman–Crippen LogP) is 5.36. The smallest absolute Gasteiger partial charge is 0.336 e. The zero-order valence-corrected chi connectivity index (χ0v) is 25.5. The van der Waals surface area contributed by atoms with Gasteiger partial charge in [0, 0.05) is 43.9 Å². The van der Waals surface area contributed by atoms with Gasteiger partial charge in [-0.3, -0.25) is 4.79 Å². The number of hydrogen-bond donors (Lipinski definition) is 0. The van der Waals surface area contributed by atoms with Gasteiger partial charge < -0.3 is 28.4 Å². The molecule has 0 bridgehead atoms. The number of methoxy groups -OCH3 is 1. The molecule has 2 aromatic rings. The lowest BCUT2D eigenvalue weighted by atomic mass is 9.83. The second kappa shape index (κ2) is 13.2. The lowest BCUT2D eigenvalue weighted by Crippen LogP contribution is -2.52. The van der Waals surface area contributed by atoms with E-state index in [1.54, 1.807) is 13.2 Å². The molecule has 3 aliphatic rings. The number of carbonyl (C=O) groups excluding carboxylic acids is 1. The van der Waals surface area contributed by atoms with E-state index in [4.69, 9.17) is 18.6 Å². The van der Waals surface area contributed by atoms with Crippen LogP contribution in [0.4, 0.5) is 0 Å². The average Bonchev–Trinajstić information content (AvgIpc) is 2.95. The van der Waals surface area contributed by atoms with E-state index in [1.165, 1.54) is 38.8 Å². The molecule has 0 aliphatic carbocycles. The van der Waals surface area contributed by atoms with Crippen molar-refractivity contribution in [3.05, 3.63) is 33.7 Å². The molecule has 226 valence electrons. The number of rotatable bonds is 11. The van der Waals surface area contributed by atoms with Gasteiger partial charge in [-0.1, -0.05) is 19.8 Å². The Morgan fingerprint density at radius 3 is 2.80 bits per heavy atom. The Kier molecular flexibility index (Phi) is 9.59. The summed E-state index contributed by atoms with van der Waals surface area (Å²) in [5.74, 6) is 1.64. The summed E-state index contributed by atoms with van der Waals surface area (Å²) in [6, 6.07) is 4.05. The number of benzene rings is 1. The van der Waals surface area contributed by atoms with Crippen molar-refractivity contribution < 1.29 is 23.4 Å². The molecule has 2 fully saturated rings. The minimum absolute atomic E-state index is 0.0467. The van der Waals surface area contributed by atoms with Crippen molar-refractivity contribution in [1.29, 1.82) is 0 Å². The van der Waals surface area contributed by atoms with Crippen LogP contribution in [-0.4, -0.2) is 73.9 Å². The average molecular weight is 569 g/mol. The molecule has 5 rings (SSSR count). The van der Waals surface area contributed by atoms with Gasteiger partial charge in [-0.25, -0.2) is 4.79 Å². The maximum atomic E-state index is 13.7. The van der Waals surface area contributed by atoms with Crippen molar-refractivity contribution in [3.63, 3.8) is 0 Å². The molecule has 0 spiro atoms. The molecule has 0 radical (unpaired) electrons. The fourth-order valence-electron chi connectivity index (χ4n) is 7.02. The molecule has 8 heteroatoms. The Morgan fingerprint density at radius 2 is 2.00 bits per heavy atom. The number of unbranched alkanes of at least 4 members (excludes halogenated alkanes) is 1. The zero-order chi connectivity index (χ0) is 29.0. The highest BCUT2D eigenvalue weighted by Crippen LogP contribution is 2.43. The number of fused-ring (bicyclic) bond motifs is 4. The van der Waals surface area contributed by atoms with Gasteiger partial charge in [-0.2, -0.15) is 0 Å². The van der Waals surface area contributed by atoms with Crippen LogP contribution in [0.5, 0.6) is 11.5 Å². The van der Waals surface area contributed by atoms with Crippen LogP contribution >= 0.6 is 0 Å². The van der Waals surface area contributed by atoms with Crippen molar-refractivity contribution in [2.75, 3.05) is 46.5 Å². The van der Waals surface area contributed by atoms with Crippen LogP contribution in [0.15, 0.2) is 21.3 Å². The summed E-state index contributed by atoms with van der Waals surface area (Å²) >= 11 is 0. The third-order valence-corrected chi connectivity index (χ3v) is 9.24. The summed E-state index contributed by atoms with van der Waals surface area (Å²) < 4.78 is 23.9. The van der Waals surface area contributed by atoms with Gasteiger partial charge in [0.2, 0.25) is 0 Å². The van der Waals surface area contributed by atoms with Crippen LogP contribution in [0.2, 0.25) is 0 Å². The molecule has 41 heavy (non-hydrogen) atoms. The Hall–Kier alpha value is -2.58. The lowest BCUT2D eigenvalue weighted by Gasteiger charge is -2.45. The normalized spacial score (nSPS) is 22.0. The van der Waals surface area contributed by atoms with Gasteiger partial charge in [-0.05, 0) is 89.8 Å². The first-order chi connectivity index (χ1) is 19.8. The van der Waals surface area contributed by atoms with Crippen LogP contribution in [0.25, 0.3) is 11.0 Å². The lowest BCUT2D eigenvalue weighted by molar-refractivity contribution is -0.135. The molecule has 1 amide bonds. The van der Waals surface area contributed by atoms with Crippen LogP contribution in [0.3, 0.4) is 0 Å². The van der Waals surface area contributed by atoms with E-state index in [0.717, 1.165) is 61.6 Å². The first-order valence-corrected chi connectivity index (χ1v) is 15.7. The summed E-state index contributed by atoms with van der Waals surface area (Å²) in [5.41, 5.74) is 1.65. The molecule has 0 saturated carbocycles. The topological polar surface area (TPSA) is 81.5 Å². The molecule has 0 unspecified atom stereocenters. The number of aryl methyl sites for hydroxylation is 2. The molecule has 1 aromatic carbocycles. The highest BCUT2D eigenvalue weighted by molar-refractivity contribution is 5.92. The summed E-state index contributed by atoms with van der Waals surface area (Å²) in [5, 5.41) is 0.793. The zero-order valence-electron chi connectivity index (χ0n) is 25.5. The Labute approximate surface area is 244 Å². The van der Waals surface area contributed by atoms with Gasteiger partial charge in [0.05, 0.1) is 12.0 Å². The van der Waals surface area contributed by atoms with Crippen LogP contribution < -0.4 is 15.1 Å². The van der Waals surface area contributed by atoms with Crippen LogP contribution in [-0.2, 0) is 22.4 Å². The van der Waals surface area contributed by atoms with Crippen LogP contribution in [0.1, 0.15) is 83.3 Å². The Morgan fingerprint density at radius 1 is 1.17 bits per heavy atom. The number of hydrogen-bond acceptors (Lipinski definition) is 7. The second-order valence-corrected chi connectivity index (χ2v) is 12.7. The van der Waals surface area contributed by atoms with E-state index in [-0.39, 0.29) is 23.7 Å². The monoisotopic (exact) mass is 568 g/mol. The van der Waals surface area contributed by atoms with Gasteiger partial charge in [0.15, 0.2) is 6.61 Å². The molecule has 2 saturated heterocycles. The molecule has 8 nitrogen and oxygen atoms in total. The molecular formula is C33H48N2O6. The summed E-state index contributed by atoms with van der Waals surface area (Å²) in [4.78, 5) is 30.9. The SMILES string of the molecule is CCCCc1cc(=O)oc2c3c(cc(OCC(=O)N(CCOC)C[C@@H]4CCCN5CCCC[C@H]45)c12)OC(C)(C)CC3. The molecule has 2 atom stereocenters. The maximum Gasteiger partial charge on any atom is 0.336 e. The van der Waals surface area contributed by atoms with Crippen molar-refractivity contribution >= 4 is 16.9 Å². The standard InChI is InChI=1S/C33H48N2O6/c1-5-6-10-23-19-30(37)40-32-25-13-14-33(2,3)41-27(25)20-28(31(23)32)39-22-29(36)35(17-18-38-4)21-24-11-9-16-34-15-8-7-12-26(24)34/h19-20,24,26H,5-18,21-22H2,1-4H3/t24-,26+/m0/s1. The minimum atomic E-state index is -0.362. The van der Waals surface area contributed by atoms with Gasteiger partial charge in [-0.15, -0.1) is 0 Å². The fourth-order valence-corrected chi connectivity index (χ4v) is 7.02. The Bertz CT molecular complexity index is 1270. The van der Waals surface area contributed by atoms with E-state index >= 15 is 0 Å². The van der Waals surface area contributed by atoms with E-state index in [9.17, 15) is 9.59 Å². The van der Waals surface area contributed by atoms with Gasteiger partial charge in [0.1, 0.15) is 22.7 Å². The van der Waals surface area contributed by atoms with E-state index < -0.39 is 0 Å². The summed E-state index contributed by atoms with van der Waals surface area (Å²) in [7, 11) is 1.68. The predicted molar refractivity (Wildman–Crippen MR) is 160 cm³/mol. The number of nitrogens with zero attached hydrogens (tertiary/aromatic N) is 2. The van der Waals surface area contributed by atoms with Crippen LogP contribution in [0, 0.1) is 5.92 Å². The fraction of sp³-hybridized carbons (Fsp3) is 0.697. The van der Waals surface area contributed by atoms with E-state index in [0.29, 0.717) is 42.2 Å². The number of carbonyl (C=O) groups is 1. The van der Waals surface area contributed by atoms with E-state index in [1.807, 2.05) is 11.0 Å². The number of piperidine rings is 2. The first-order valence-electron chi connectivity index (χ1n) is 15.7. The number of ether oxygens (including phenoxy) is 3. The van der Waals surface area contributed by atoms with Gasteiger partial charge in [0.25, 0.3) is 5.91 Å². The third-order valence-electron chi connectivity index (χ3n) is 9.24. The largest absolute Gasteiger partial charge is 0.487 e. The molecular weight excluding hydrogens is 520 g/mol. The van der Waals surface area contributed by atoms with Crippen molar-refractivity contribution in [2.24, 2.45) is 5.92 Å². The number of amides is 1. The highest BCUT2D eigenvalue weighted by Gasteiger charge is 2.35. The Balaban J connectivity index is 1.41. The van der Waals surface area contributed by atoms with E-state index in [2.05, 4.69) is 25.7 Å². The molecule has 3 aliphatic heterocycles. The third kappa shape index (κ3) is 6.91. The van der Waals surface area contributed by atoms with Gasteiger partial charge >= 0.3 is 5.63 Å². The summed E-state index contributed by atoms with van der Waals surface area (Å²) in [6.45, 7) is 10.3. The first kappa shape index (κ1) is 29.9. The molecule has 4 heterocycles. The van der Waals surface area contributed by atoms with Crippen molar-refractivity contribution in [1.82, 2.24) is 9.80 Å². The minimum Gasteiger partial charge on any atom is -0.487 e. The van der Waals surface area contributed by atoms with Crippen molar-refractivity contribution in [2.45, 2.75) is 96.6 Å². The highest BCUT2D eigenvalue weighted by atomic mass is 16.5. The summed E-state index contributed by atoms with van der Waals surface area (Å²) in [6.07, 6.45) is 10.4. The van der Waals surface area contributed by atoms with Crippen molar-refractivity contribution in [3.8, 4) is 11.5 Å². The maximum absolute atomic E-state index is 13.7. The molecule has 1 aromatic heterocycles. The second-order valence-electron chi connectivity index (χ2n) is 12.7.